The van der Waals surface area contributed by atoms with Gasteiger partial charge in [-0.05, 0) is 30.2 Å². The molecular formula is C16H17FN2OS. The fourth-order valence-electron chi connectivity index (χ4n) is 1.85. The van der Waals surface area contributed by atoms with Gasteiger partial charge < -0.3 is 10.8 Å². The maximum atomic E-state index is 12.3. The van der Waals surface area contributed by atoms with Crippen LogP contribution in [0, 0.1) is 0 Å². The van der Waals surface area contributed by atoms with Gasteiger partial charge in [0.15, 0.2) is 0 Å². The van der Waals surface area contributed by atoms with Gasteiger partial charge in [-0.1, -0.05) is 36.4 Å². The molecule has 0 aliphatic carbocycles. The van der Waals surface area contributed by atoms with Crippen LogP contribution in [0.3, 0.4) is 0 Å². The molecule has 2 rings (SSSR count). The molecule has 0 radical (unpaired) electrons. The zero-order valence-corrected chi connectivity index (χ0v) is 12.5. The summed E-state index contributed by atoms with van der Waals surface area (Å²) >= 11 is 0.221. The van der Waals surface area contributed by atoms with Crippen LogP contribution in [0.5, 0.6) is 0 Å². The quantitative estimate of drug-likeness (QED) is 0.655. The number of hydrogen-bond acceptors (Lipinski definition) is 3. The number of amidine groups is 1. The summed E-state index contributed by atoms with van der Waals surface area (Å²) in [6.45, 7) is 2.16. The zero-order valence-electron chi connectivity index (χ0n) is 11.7. The van der Waals surface area contributed by atoms with Crippen molar-refractivity contribution in [3.05, 3.63) is 65.2 Å². The Balaban J connectivity index is 2.05. The Hall–Kier alpha value is -1.85. The average Bonchev–Trinajstić information content (AvgIpc) is 2.53. The van der Waals surface area contributed by atoms with E-state index in [2.05, 4.69) is 4.99 Å². The third-order valence-corrected chi connectivity index (χ3v) is 3.58. The highest BCUT2D eigenvalue weighted by Gasteiger charge is 2.02. The second-order valence-electron chi connectivity index (χ2n) is 4.72. The smallest absolute Gasteiger partial charge is 0.125 e. The number of nitrogens with two attached hydrogens (primary N) is 1. The Morgan fingerprint density at radius 2 is 1.81 bits per heavy atom. The molecule has 1 atom stereocenters. The molecule has 110 valence electrons. The normalized spacial score (nSPS) is 13.2. The van der Waals surface area contributed by atoms with E-state index in [-0.39, 0.29) is 12.1 Å². The predicted molar refractivity (Wildman–Crippen MR) is 84.9 cm³/mol. The zero-order chi connectivity index (χ0) is 15.2. The predicted octanol–water partition coefficient (Wildman–Crippen LogP) is 3.62. The van der Waals surface area contributed by atoms with Crippen molar-refractivity contribution in [3.8, 4) is 0 Å². The van der Waals surface area contributed by atoms with Crippen LogP contribution in [0.15, 0.2) is 58.4 Å². The van der Waals surface area contributed by atoms with Gasteiger partial charge in [0.05, 0.1) is 24.8 Å². The molecule has 0 aliphatic rings. The molecule has 0 fully saturated rings. The lowest BCUT2D eigenvalue weighted by atomic mass is 10.1. The van der Waals surface area contributed by atoms with Crippen molar-refractivity contribution >= 4 is 18.0 Å². The van der Waals surface area contributed by atoms with E-state index in [1.807, 2.05) is 36.4 Å². The summed E-state index contributed by atoms with van der Waals surface area (Å²) in [6.07, 6.45) is -0.496. The highest BCUT2D eigenvalue weighted by Crippen LogP contribution is 2.19. The van der Waals surface area contributed by atoms with Gasteiger partial charge in [0.25, 0.3) is 0 Å². The van der Waals surface area contributed by atoms with Crippen LogP contribution in [-0.2, 0) is 6.54 Å². The highest BCUT2D eigenvalue weighted by molar-refractivity contribution is 7.94. The first-order chi connectivity index (χ1) is 10.1. The van der Waals surface area contributed by atoms with Crippen molar-refractivity contribution in [2.24, 2.45) is 10.7 Å². The van der Waals surface area contributed by atoms with E-state index in [1.54, 1.807) is 19.1 Å². The van der Waals surface area contributed by atoms with Gasteiger partial charge in [-0.15, -0.1) is 0 Å². The lowest BCUT2D eigenvalue weighted by molar-refractivity contribution is 0.199. The fourth-order valence-corrected chi connectivity index (χ4v) is 2.09. The summed E-state index contributed by atoms with van der Waals surface area (Å²) in [6, 6.07) is 14.4. The van der Waals surface area contributed by atoms with Crippen LogP contribution in [0.1, 0.15) is 29.7 Å². The first kappa shape index (κ1) is 15.5. The molecule has 0 heterocycles. The van der Waals surface area contributed by atoms with Gasteiger partial charge in [-0.3, -0.25) is 4.99 Å². The monoisotopic (exact) mass is 304 g/mol. The second kappa shape index (κ2) is 7.24. The van der Waals surface area contributed by atoms with Crippen LogP contribution >= 0.6 is 12.1 Å². The van der Waals surface area contributed by atoms with Gasteiger partial charge >= 0.3 is 0 Å². The topological polar surface area (TPSA) is 58.6 Å². The van der Waals surface area contributed by atoms with E-state index in [0.29, 0.717) is 17.3 Å². The Bertz CT molecular complexity index is 609. The van der Waals surface area contributed by atoms with Gasteiger partial charge in [0, 0.05) is 10.5 Å². The molecule has 3 N–H and O–H groups in total. The first-order valence-electron chi connectivity index (χ1n) is 6.56. The third kappa shape index (κ3) is 4.31. The number of benzene rings is 2. The minimum atomic E-state index is -0.496. The average molecular weight is 304 g/mol. The van der Waals surface area contributed by atoms with Crippen LogP contribution in [0.2, 0.25) is 0 Å². The van der Waals surface area contributed by atoms with E-state index in [4.69, 9.17) is 5.73 Å². The Morgan fingerprint density at radius 1 is 1.19 bits per heavy atom. The van der Waals surface area contributed by atoms with Crippen LogP contribution < -0.4 is 5.73 Å². The van der Waals surface area contributed by atoms with Crippen LogP contribution in [0.25, 0.3) is 0 Å². The lowest BCUT2D eigenvalue weighted by Gasteiger charge is -2.06. The van der Waals surface area contributed by atoms with Crippen molar-refractivity contribution in [2.45, 2.75) is 24.5 Å². The maximum Gasteiger partial charge on any atom is 0.125 e. The lowest BCUT2D eigenvalue weighted by Crippen LogP contribution is -2.13. The molecule has 2 aromatic carbocycles. The molecule has 0 aliphatic heterocycles. The highest BCUT2D eigenvalue weighted by atomic mass is 32.2. The van der Waals surface area contributed by atoms with Crippen molar-refractivity contribution in [1.29, 1.82) is 0 Å². The number of aliphatic hydroxyl groups excluding tert-OH is 1. The summed E-state index contributed by atoms with van der Waals surface area (Å²) in [5.74, 6) is 0.441. The van der Waals surface area contributed by atoms with Gasteiger partial charge in [-0.2, -0.15) is 3.89 Å². The minimum absolute atomic E-state index is 0.221. The van der Waals surface area contributed by atoms with Crippen molar-refractivity contribution in [2.75, 3.05) is 0 Å². The summed E-state index contributed by atoms with van der Waals surface area (Å²) in [4.78, 5) is 4.90. The first-order valence-corrected chi connectivity index (χ1v) is 7.27. The molecular weight excluding hydrogens is 287 g/mol. The summed E-state index contributed by atoms with van der Waals surface area (Å²) < 4.78 is 12.3. The Kier molecular flexibility index (Phi) is 5.36. The SMILES string of the molecule is CC(O)c1ccc(C(N)=NCc2ccc(SF)cc2)cc1. The molecule has 0 saturated heterocycles. The summed E-state index contributed by atoms with van der Waals surface area (Å²) in [7, 11) is 0. The van der Waals surface area contributed by atoms with E-state index >= 15 is 0 Å². The van der Waals surface area contributed by atoms with Crippen molar-refractivity contribution in [1.82, 2.24) is 0 Å². The van der Waals surface area contributed by atoms with E-state index in [1.165, 1.54) is 0 Å². The van der Waals surface area contributed by atoms with Gasteiger partial charge in [0.1, 0.15) is 5.84 Å². The van der Waals surface area contributed by atoms with Crippen molar-refractivity contribution < 1.29 is 8.99 Å². The summed E-state index contributed by atoms with van der Waals surface area (Å²) in [5, 5.41) is 9.46. The molecule has 0 bridgehead atoms. The maximum absolute atomic E-state index is 12.3. The van der Waals surface area contributed by atoms with Gasteiger partial charge in [-0.25, -0.2) is 0 Å². The fraction of sp³-hybridized carbons (Fsp3) is 0.188. The molecule has 5 heteroatoms. The molecule has 0 amide bonds. The standard InChI is InChI=1S/C16H17FN2OS/c1-11(20)13-4-6-14(7-5-13)16(18)19-10-12-2-8-15(21-17)9-3-12/h2-9,11,20H,10H2,1H3,(H2,18,19). The Morgan fingerprint density at radius 3 is 2.33 bits per heavy atom. The summed E-state index contributed by atoms with van der Waals surface area (Å²) in [5.41, 5.74) is 8.57. The number of nitrogens with zero attached hydrogens (tertiary/aromatic N) is 1. The van der Waals surface area contributed by atoms with Gasteiger partial charge in [0.2, 0.25) is 0 Å². The largest absolute Gasteiger partial charge is 0.389 e. The minimum Gasteiger partial charge on any atom is -0.389 e. The number of rotatable bonds is 5. The number of hydrogen-bond donors (Lipinski definition) is 2. The number of halogens is 1. The third-order valence-electron chi connectivity index (χ3n) is 3.13. The number of aliphatic hydroxyl groups is 1. The van der Waals surface area contributed by atoms with E-state index < -0.39 is 6.10 Å². The molecule has 21 heavy (non-hydrogen) atoms. The molecule has 1 unspecified atom stereocenters. The van der Waals surface area contributed by atoms with Crippen LogP contribution in [0.4, 0.5) is 3.89 Å². The Labute approximate surface area is 128 Å². The van der Waals surface area contributed by atoms with E-state index in [0.717, 1.165) is 16.7 Å². The van der Waals surface area contributed by atoms with Crippen LogP contribution in [-0.4, -0.2) is 10.9 Å². The van der Waals surface area contributed by atoms with E-state index in [9.17, 15) is 8.99 Å². The molecule has 0 aromatic heterocycles. The molecule has 3 nitrogen and oxygen atoms in total. The number of aliphatic imine (C=N–C) groups is 1. The second-order valence-corrected chi connectivity index (χ2v) is 5.35. The molecule has 0 saturated carbocycles. The molecule has 2 aromatic rings. The molecule has 0 spiro atoms. The van der Waals surface area contributed by atoms with Crippen molar-refractivity contribution in [3.63, 3.8) is 0 Å².